The van der Waals surface area contributed by atoms with Crippen LogP contribution in [0.5, 0.6) is 0 Å². The van der Waals surface area contributed by atoms with E-state index in [9.17, 15) is 5.11 Å². The highest BCUT2D eigenvalue weighted by Crippen LogP contribution is 2.08. The second-order valence-corrected chi connectivity index (χ2v) is 3.15. The molecule has 0 rings (SSSR count). The Morgan fingerprint density at radius 1 is 1.27 bits per heavy atom. The van der Waals surface area contributed by atoms with E-state index < -0.39 is 0 Å². The number of aliphatic hydroxyl groups excluding tert-OH is 1. The van der Waals surface area contributed by atoms with E-state index in [1.54, 1.807) is 0 Å². The van der Waals surface area contributed by atoms with Gasteiger partial charge in [0.2, 0.25) is 0 Å². The third kappa shape index (κ3) is 7.86. The largest absolute Gasteiger partial charge is 0.393 e. The van der Waals surface area contributed by atoms with Crippen molar-refractivity contribution < 1.29 is 5.11 Å². The molecule has 0 fully saturated rings. The summed E-state index contributed by atoms with van der Waals surface area (Å²) in [5, 5.41) is 9.32. The van der Waals surface area contributed by atoms with Crippen LogP contribution in [0.4, 0.5) is 0 Å². The lowest BCUT2D eigenvalue weighted by atomic mass is 10.1. The standard InChI is InChI=1S/C10H21O/c1-3-5-6-7-9-10(11)8-4-2/h4,10-11H,3,5-9H2,1-2H3. The molecule has 1 heteroatoms. The fourth-order valence-electron chi connectivity index (χ4n) is 1.20. The average molecular weight is 157 g/mol. The van der Waals surface area contributed by atoms with E-state index in [-0.39, 0.29) is 6.10 Å². The number of aliphatic hydroxyl groups is 1. The van der Waals surface area contributed by atoms with Crippen molar-refractivity contribution in [3.63, 3.8) is 0 Å². The molecule has 0 saturated heterocycles. The van der Waals surface area contributed by atoms with Gasteiger partial charge in [0.1, 0.15) is 0 Å². The third-order valence-electron chi connectivity index (χ3n) is 1.90. The molecule has 0 aromatic carbocycles. The van der Waals surface area contributed by atoms with E-state index in [0.717, 1.165) is 12.8 Å². The van der Waals surface area contributed by atoms with Crippen molar-refractivity contribution in [1.82, 2.24) is 0 Å². The SMILES string of the molecule is C[CH]CC(O)CCCCCC. The van der Waals surface area contributed by atoms with Gasteiger partial charge in [-0.25, -0.2) is 0 Å². The smallest absolute Gasteiger partial charge is 0.0542 e. The van der Waals surface area contributed by atoms with Gasteiger partial charge in [-0.3, -0.25) is 0 Å². The molecule has 1 nitrogen and oxygen atoms in total. The predicted molar refractivity (Wildman–Crippen MR) is 49.4 cm³/mol. The quantitative estimate of drug-likeness (QED) is 0.563. The molecule has 0 spiro atoms. The van der Waals surface area contributed by atoms with Crippen LogP contribution in [0.25, 0.3) is 0 Å². The van der Waals surface area contributed by atoms with Crippen LogP contribution >= 0.6 is 0 Å². The van der Waals surface area contributed by atoms with Crippen molar-refractivity contribution in [2.24, 2.45) is 0 Å². The summed E-state index contributed by atoms with van der Waals surface area (Å²) < 4.78 is 0. The average Bonchev–Trinajstić information content (AvgIpc) is 1.99. The van der Waals surface area contributed by atoms with Crippen LogP contribution < -0.4 is 0 Å². The summed E-state index contributed by atoms with van der Waals surface area (Å²) in [6, 6.07) is 0. The van der Waals surface area contributed by atoms with Gasteiger partial charge in [0.25, 0.3) is 0 Å². The van der Waals surface area contributed by atoms with Gasteiger partial charge >= 0.3 is 0 Å². The van der Waals surface area contributed by atoms with Gasteiger partial charge in [0, 0.05) is 0 Å². The van der Waals surface area contributed by atoms with E-state index in [1.807, 2.05) is 13.3 Å². The minimum atomic E-state index is -0.0862. The molecular weight excluding hydrogens is 136 g/mol. The van der Waals surface area contributed by atoms with Crippen molar-refractivity contribution in [2.45, 2.75) is 58.5 Å². The monoisotopic (exact) mass is 157 g/mol. The summed E-state index contributed by atoms with van der Waals surface area (Å²) in [6.07, 6.45) is 8.82. The van der Waals surface area contributed by atoms with Gasteiger partial charge < -0.3 is 5.11 Å². The fourth-order valence-corrected chi connectivity index (χ4v) is 1.20. The van der Waals surface area contributed by atoms with E-state index in [2.05, 4.69) is 6.92 Å². The zero-order valence-corrected chi connectivity index (χ0v) is 7.84. The topological polar surface area (TPSA) is 20.2 Å². The second-order valence-electron chi connectivity index (χ2n) is 3.15. The number of hydrogen-bond acceptors (Lipinski definition) is 1. The van der Waals surface area contributed by atoms with Crippen molar-refractivity contribution in [3.8, 4) is 0 Å². The lowest BCUT2D eigenvalue weighted by molar-refractivity contribution is 0.160. The second kappa shape index (κ2) is 8.06. The highest BCUT2D eigenvalue weighted by Gasteiger charge is 2.00. The fraction of sp³-hybridized carbons (Fsp3) is 0.900. The van der Waals surface area contributed by atoms with Crippen LogP contribution in [-0.4, -0.2) is 11.2 Å². The molecule has 0 aliphatic heterocycles. The van der Waals surface area contributed by atoms with E-state index in [4.69, 9.17) is 0 Å². The maximum atomic E-state index is 9.32. The molecule has 1 atom stereocenters. The molecule has 0 aliphatic rings. The van der Waals surface area contributed by atoms with Crippen LogP contribution in [0, 0.1) is 6.42 Å². The van der Waals surface area contributed by atoms with Crippen molar-refractivity contribution in [1.29, 1.82) is 0 Å². The zero-order chi connectivity index (χ0) is 8.53. The molecule has 0 amide bonds. The maximum absolute atomic E-state index is 9.32. The van der Waals surface area contributed by atoms with Gasteiger partial charge in [-0.1, -0.05) is 39.5 Å². The molecule has 0 aromatic rings. The summed E-state index contributed by atoms with van der Waals surface area (Å²) in [5.74, 6) is 0. The van der Waals surface area contributed by atoms with Gasteiger partial charge in [0.15, 0.2) is 0 Å². The minimum absolute atomic E-state index is 0.0862. The van der Waals surface area contributed by atoms with Gasteiger partial charge in [0.05, 0.1) is 6.10 Å². The van der Waals surface area contributed by atoms with Gasteiger partial charge in [-0.15, -0.1) is 0 Å². The predicted octanol–water partition coefficient (Wildman–Crippen LogP) is 2.93. The lowest BCUT2D eigenvalue weighted by Gasteiger charge is -2.07. The molecule has 0 aliphatic carbocycles. The molecule has 0 heterocycles. The Morgan fingerprint density at radius 3 is 2.55 bits per heavy atom. The van der Waals surface area contributed by atoms with E-state index in [1.165, 1.54) is 25.7 Å². The van der Waals surface area contributed by atoms with E-state index in [0.29, 0.717) is 0 Å². The summed E-state index contributed by atoms with van der Waals surface area (Å²) >= 11 is 0. The first kappa shape index (κ1) is 11.0. The first-order chi connectivity index (χ1) is 5.31. The summed E-state index contributed by atoms with van der Waals surface area (Å²) in [6.45, 7) is 4.20. The zero-order valence-electron chi connectivity index (χ0n) is 7.84. The molecule has 1 radical (unpaired) electrons. The first-order valence-electron chi connectivity index (χ1n) is 4.77. The summed E-state index contributed by atoms with van der Waals surface area (Å²) in [7, 11) is 0. The molecule has 11 heavy (non-hydrogen) atoms. The normalized spacial score (nSPS) is 13.4. The van der Waals surface area contributed by atoms with Gasteiger partial charge in [-0.2, -0.15) is 0 Å². The number of unbranched alkanes of at least 4 members (excludes halogenated alkanes) is 3. The first-order valence-corrected chi connectivity index (χ1v) is 4.77. The van der Waals surface area contributed by atoms with Crippen molar-refractivity contribution >= 4 is 0 Å². The molecule has 0 saturated carbocycles. The van der Waals surface area contributed by atoms with Crippen LogP contribution in [0.1, 0.15) is 52.4 Å². The minimum Gasteiger partial charge on any atom is -0.393 e. The van der Waals surface area contributed by atoms with Gasteiger partial charge in [-0.05, 0) is 19.3 Å². The Hall–Kier alpha value is -0.0400. The third-order valence-corrected chi connectivity index (χ3v) is 1.90. The number of rotatable bonds is 7. The van der Waals surface area contributed by atoms with E-state index >= 15 is 0 Å². The summed E-state index contributed by atoms with van der Waals surface area (Å²) in [5.41, 5.74) is 0. The van der Waals surface area contributed by atoms with Crippen LogP contribution in [-0.2, 0) is 0 Å². The van der Waals surface area contributed by atoms with Crippen LogP contribution in [0.3, 0.4) is 0 Å². The molecule has 1 unspecified atom stereocenters. The Kier molecular flexibility index (Phi) is 8.03. The number of hydrogen-bond donors (Lipinski definition) is 1. The molecule has 1 N–H and O–H groups in total. The molecular formula is C10H21O. The lowest BCUT2D eigenvalue weighted by Crippen LogP contribution is -2.05. The van der Waals surface area contributed by atoms with Crippen molar-refractivity contribution in [2.75, 3.05) is 0 Å². The highest BCUT2D eigenvalue weighted by atomic mass is 16.3. The van der Waals surface area contributed by atoms with Crippen LogP contribution in [0.15, 0.2) is 0 Å². The molecule has 0 bridgehead atoms. The highest BCUT2D eigenvalue weighted by molar-refractivity contribution is 4.64. The van der Waals surface area contributed by atoms with Crippen LogP contribution in [0.2, 0.25) is 0 Å². The molecule has 0 aromatic heterocycles. The van der Waals surface area contributed by atoms with Crippen molar-refractivity contribution in [3.05, 3.63) is 6.42 Å². The Labute approximate surface area is 70.8 Å². The Morgan fingerprint density at radius 2 is 2.00 bits per heavy atom. The molecule has 67 valence electrons. The Balaban J connectivity index is 2.97. The Bertz CT molecular complexity index is 71.3. The summed E-state index contributed by atoms with van der Waals surface area (Å²) in [4.78, 5) is 0. The maximum Gasteiger partial charge on any atom is 0.0542 e.